The molecule has 0 radical (unpaired) electrons. The minimum atomic E-state index is -0.552. The van der Waals surface area contributed by atoms with Crippen LogP contribution in [-0.4, -0.2) is 29.4 Å². The van der Waals surface area contributed by atoms with Crippen LogP contribution in [0.25, 0.3) is 11.0 Å². The summed E-state index contributed by atoms with van der Waals surface area (Å²) in [5, 5.41) is 7.40. The first kappa shape index (κ1) is 19.3. The Labute approximate surface area is 161 Å². The molecule has 0 bridgehead atoms. The number of hydrogen-bond donors (Lipinski definition) is 1. The van der Waals surface area contributed by atoms with E-state index in [1.165, 1.54) is 6.92 Å². The minimum absolute atomic E-state index is 0.0720. The number of esters is 1. The zero-order valence-corrected chi connectivity index (χ0v) is 15.6. The number of nitrogens with zero attached hydrogens (tertiary/aromatic N) is 1. The van der Waals surface area contributed by atoms with E-state index in [0.717, 1.165) is 10.9 Å². The third kappa shape index (κ3) is 4.62. The molecule has 2 aromatic carbocycles. The first-order chi connectivity index (χ1) is 13.4. The quantitative estimate of drug-likeness (QED) is 0.500. The molecular weight excluding hydrogens is 360 g/mol. The van der Waals surface area contributed by atoms with E-state index in [-0.39, 0.29) is 30.8 Å². The van der Waals surface area contributed by atoms with Gasteiger partial charge in [0.15, 0.2) is 18.0 Å². The molecule has 0 aliphatic carbocycles. The topological polar surface area (TPSA) is 98.5 Å². The molecule has 1 heterocycles. The van der Waals surface area contributed by atoms with Gasteiger partial charge >= 0.3 is 5.97 Å². The number of carbonyl (C=O) groups is 3. The number of ether oxygens (including phenoxy) is 1. The fourth-order valence-electron chi connectivity index (χ4n) is 2.83. The molecule has 0 fully saturated rings. The molecule has 3 aromatic rings. The summed E-state index contributed by atoms with van der Waals surface area (Å²) in [4.78, 5) is 35.4. The predicted octanol–water partition coefficient (Wildman–Crippen LogP) is 2.99. The lowest BCUT2D eigenvalue weighted by Crippen LogP contribution is -2.23. The zero-order chi connectivity index (χ0) is 20.1. The second kappa shape index (κ2) is 8.47. The average Bonchev–Trinajstić information content (AvgIpc) is 3.08. The summed E-state index contributed by atoms with van der Waals surface area (Å²) in [5.74, 6) is -0.986. The minimum Gasteiger partial charge on any atom is -0.457 e. The van der Waals surface area contributed by atoms with Gasteiger partial charge in [0.2, 0.25) is 5.91 Å². The summed E-state index contributed by atoms with van der Waals surface area (Å²) in [6, 6.07) is 13.9. The number of hydrogen-bond acceptors (Lipinski definition) is 6. The summed E-state index contributed by atoms with van der Waals surface area (Å²) in [7, 11) is 0. The Hall–Kier alpha value is -3.48. The van der Waals surface area contributed by atoms with Crippen LogP contribution in [0.1, 0.15) is 41.5 Å². The van der Waals surface area contributed by atoms with Crippen LogP contribution in [0.4, 0.5) is 0 Å². The van der Waals surface area contributed by atoms with Gasteiger partial charge in [-0.15, -0.1) is 0 Å². The fourth-order valence-corrected chi connectivity index (χ4v) is 2.83. The molecule has 28 heavy (non-hydrogen) atoms. The summed E-state index contributed by atoms with van der Waals surface area (Å²) < 4.78 is 10.2. The van der Waals surface area contributed by atoms with Gasteiger partial charge in [0.1, 0.15) is 5.69 Å². The summed E-state index contributed by atoms with van der Waals surface area (Å²) in [5.41, 5.74) is 2.37. The molecule has 0 spiro atoms. The maximum Gasteiger partial charge on any atom is 0.312 e. The highest BCUT2D eigenvalue weighted by molar-refractivity contribution is 5.98. The Morgan fingerprint density at radius 2 is 1.82 bits per heavy atom. The smallest absolute Gasteiger partial charge is 0.312 e. The molecule has 7 heteroatoms. The largest absolute Gasteiger partial charge is 0.457 e. The highest BCUT2D eigenvalue weighted by Gasteiger charge is 2.15. The Morgan fingerprint density at radius 3 is 2.54 bits per heavy atom. The van der Waals surface area contributed by atoms with Crippen molar-refractivity contribution in [1.82, 2.24) is 10.5 Å². The number of amides is 1. The molecule has 3 rings (SSSR count). The van der Waals surface area contributed by atoms with Crippen molar-refractivity contribution in [3.63, 3.8) is 0 Å². The predicted molar refractivity (Wildman–Crippen MR) is 102 cm³/mol. The van der Waals surface area contributed by atoms with Gasteiger partial charge in [-0.1, -0.05) is 41.6 Å². The number of Topliss-reactive ketones (excluding diaryl/α,β-unsaturated/α-hetero) is 1. The summed E-state index contributed by atoms with van der Waals surface area (Å²) >= 11 is 0. The van der Waals surface area contributed by atoms with E-state index in [9.17, 15) is 14.4 Å². The van der Waals surface area contributed by atoms with Crippen molar-refractivity contribution in [1.29, 1.82) is 0 Å². The van der Waals surface area contributed by atoms with Gasteiger partial charge in [-0.25, -0.2) is 0 Å². The molecule has 7 nitrogen and oxygen atoms in total. The van der Waals surface area contributed by atoms with Gasteiger partial charge in [0.05, 0.1) is 12.5 Å². The van der Waals surface area contributed by atoms with Gasteiger partial charge < -0.3 is 14.6 Å². The van der Waals surface area contributed by atoms with Gasteiger partial charge in [-0.2, -0.15) is 0 Å². The van der Waals surface area contributed by atoms with E-state index < -0.39 is 5.97 Å². The van der Waals surface area contributed by atoms with E-state index in [1.807, 2.05) is 25.1 Å². The normalized spacial score (nSPS) is 11.8. The SMILES string of the molecule is CC(=O)N[C@@H](C)c1ccc(C(=O)COC(=O)Cc2noc3ccccc23)cc1. The highest BCUT2D eigenvalue weighted by Crippen LogP contribution is 2.18. The second-order valence-electron chi connectivity index (χ2n) is 6.43. The lowest BCUT2D eigenvalue weighted by molar-refractivity contribution is -0.141. The van der Waals surface area contributed by atoms with E-state index >= 15 is 0 Å². The first-order valence-electron chi connectivity index (χ1n) is 8.83. The number of nitrogens with one attached hydrogen (secondary N) is 1. The number of ketones is 1. The third-order valence-electron chi connectivity index (χ3n) is 4.28. The van der Waals surface area contributed by atoms with Crippen LogP contribution in [0.2, 0.25) is 0 Å². The maximum atomic E-state index is 12.2. The van der Waals surface area contributed by atoms with Crippen LogP contribution in [0.5, 0.6) is 0 Å². The maximum absolute atomic E-state index is 12.2. The molecule has 0 aliphatic heterocycles. The molecule has 1 amide bonds. The van der Waals surface area contributed by atoms with Crippen molar-refractivity contribution in [2.75, 3.05) is 6.61 Å². The third-order valence-corrected chi connectivity index (χ3v) is 4.28. The molecule has 1 aromatic heterocycles. The Balaban J connectivity index is 1.54. The van der Waals surface area contributed by atoms with E-state index in [2.05, 4.69) is 10.5 Å². The zero-order valence-electron chi connectivity index (χ0n) is 15.6. The Kier molecular flexibility index (Phi) is 5.84. The summed E-state index contributed by atoms with van der Waals surface area (Å²) in [6.07, 6.45) is -0.0720. The highest BCUT2D eigenvalue weighted by atomic mass is 16.5. The van der Waals surface area contributed by atoms with E-state index in [4.69, 9.17) is 9.26 Å². The Morgan fingerprint density at radius 1 is 1.11 bits per heavy atom. The standard InChI is InChI=1S/C21H20N2O5/c1-13(22-14(2)24)15-7-9-16(10-8-15)19(25)12-27-21(26)11-18-17-5-3-4-6-20(17)28-23-18/h3-10,13H,11-12H2,1-2H3,(H,22,24)/t13-/m0/s1. The van der Waals surface area contributed by atoms with Crippen molar-refractivity contribution in [2.24, 2.45) is 0 Å². The molecule has 0 unspecified atom stereocenters. The van der Waals surface area contributed by atoms with Crippen LogP contribution in [0.3, 0.4) is 0 Å². The van der Waals surface area contributed by atoms with Crippen molar-refractivity contribution < 1.29 is 23.6 Å². The van der Waals surface area contributed by atoms with Crippen LogP contribution >= 0.6 is 0 Å². The molecule has 0 saturated heterocycles. The van der Waals surface area contributed by atoms with Crippen molar-refractivity contribution >= 4 is 28.6 Å². The van der Waals surface area contributed by atoms with Crippen molar-refractivity contribution in [3.05, 3.63) is 65.4 Å². The number of fused-ring (bicyclic) bond motifs is 1. The monoisotopic (exact) mass is 380 g/mol. The average molecular weight is 380 g/mol. The molecule has 144 valence electrons. The van der Waals surface area contributed by atoms with Gasteiger partial charge in [-0.3, -0.25) is 14.4 Å². The van der Waals surface area contributed by atoms with Crippen LogP contribution in [0, 0.1) is 0 Å². The molecule has 0 aliphatic rings. The van der Waals surface area contributed by atoms with Crippen molar-refractivity contribution in [3.8, 4) is 0 Å². The number of carbonyl (C=O) groups excluding carboxylic acids is 3. The van der Waals surface area contributed by atoms with Gasteiger partial charge in [0, 0.05) is 17.9 Å². The molecule has 0 saturated carbocycles. The molecular formula is C21H20N2O5. The van der Waals surface area contributed by atoms with Crippen LogP contribution < -0.4 is 5.32 Å². The molecule has 1 N–H and O–H groups in total. The van der Waals surface area contributed by atoms with Gasteiger partial charge in [-0.05, 0) is 24.6 Å². The fraction of sp³-hybridized carbons (Fsp3) is 0.238. The second-order valence-corrected chi connectivity index (χ2v) is 6.43. The van der Waals surface area contributed by atoms with Crippen LogP contribution in [0.15, 0.2) is 53.1 Å². The summed E-state index contributed by atoms with van der Waals surface area (Å²) in [6.45, 7) is 2.95. The van der Waals surface area contributed by atoms with Crippen molar-refractivity contribution in [2.45, 2.75) is 26.3 Å². The number of para-hydroxylation sites is 1. The number of aromatic nitrogens is 1. The molecule has 1 atom stereocenters. The number of benzene rings is 2. The first-order valence-corrected chi connectivity index (χ1v) is 8.83. The lowest BCUT2D eigenvalue weighted by Gasteiger charge is -2.13. The Bertz CT molecular complexity index is 1010. The lowest BCUT2D eigenvalue weighted by atomic mass is 10.0. The number of rotatable bonds is 7. The van der Waals surface area contributed by atoms with Gasteiger partial charge in [0.25, 0.3) is 0 Å². The van der Waals surface area contributed by atoms with Crippen LogP contribution in [-0.2, 0) is 20.7 Å². The van der Waals surface area contributed by atoms with E-state index in [1.54, 1.807) is 30.3 Å². The van der Waals surface area contributed by atoms with E-state index in [0.29, 0.717) is 16.8 Å².